The first-order valence-corrected chi connectivity index (χ1v) is 8.11. The third-order valence-corrected chi connectivity index (χ3v) is 4.51. The number of ether oxygens (including phenoxy) is 2. The molecule has 2 aliphatic rings. The number of aromatic hydroxyl groups is 1. The van der Waals surface area contributed by atoms with Gasteiger partial charge in [0.15, 0.2) is 6.23 Å². The monoisotopic (exact) mass is 291 g/mol. The molecule has 0 amide bonds. The summed E-state index contributed by atoms with van der Waals surface area (Å²) in [5, 5.41) is 9.79. The zero-order valence-electron chi connectivity index (χ0n) is 12.8. The van der Waals surface area contributed by atoms with Crippen molar-refractivity contribution in [3.05, 3.63) is 23.8 Å². The van der Waals surface area contributed by atoms with Crippen molar-refractivity contribution in [3.8, 4) is 11.5 Å². The molecule has 0 bridgehead atoms. The average Bonchev–Trinajstić information content (AvgIpc) is 2.87. The SMILES string of the molecule is CCCCCC1c2cc(O)ccc2OC1N1CCOCC1. The molecule has 0 aromatic heterocycles. The summed E-state index contributed by atoms with van der Waals surface area (Å²) in [4.78, 5) is 2.39. The Bertz CT molecular complexity index is 471. The van der Waals surface area contributed by atoms with Crippen LogP contribution < -0.4 is 4.74 Å². The van der Waals surface area contributed by atoms with E-state index in [1.165, 1.54) is 24.8 Å². The highest BCUT2D eigenvalue weighted by Gasteiger charge is 2.38. The van der Waals surface area contributed by atoms with E-state index in [9.17, 15) is 5.11 Å². The van der Waals surface area contributed by atoms with Gasteiger partial charge in [0, 0.05) is 24.6 Å². The first-order valence-electron chi connectivity index (χ1n) is 8.11. The Kier molecular flexibility index (Phi) is 4.66. The molecule has 0 aliphatic carbocycles. The third kappa shape index (κ3) is 3.16. The summed E-state index contributed by atoms with van der Waals surface area (Å²) in [6, 6.07) is 5.49. The minimum Gasteiger partial charge on any atom is -0.508 e. The zero-order valence-corrected chi connectivity index (χ0v) is 12.8. The lowest BCUT2D eigenvalue weighted by Crippen LogP contribution is -2.47. The van der Waals surface area contributed by atoms with E-state index in [1.807, 2.05) is 12.1 Å². The van der Waals surface area contributed by atoms with Gasteiger partial charge in [-0.05, 0) is 24.6 Å². The quantitative estimate of drug-likeness (QED) is 0.846. The highest BCUT2D eigenvalue weighted by atomic mass is 16.5. The van der Waals surface area contributed by atoms with Crippen LogP contribution in [0, 0.1) is 0 Å². The summed E-state index contributed by atoms with van der Waals surface area (Å²) < 4.78 is 11.7. The van der Waals surface area contributed by atoms with E-state index in [0.29, 0.717) is 11.7 Å². The Labute approximate surface area is 126 Å². The number of rotatable bonds is 5. The zero-order chi connectivity index (χ0) is 14.7. The van der Waals surface area contributed by atoms with Crippen molar-refractivity contribution in [2.45, 2.75) is 44.8 Å². The molecule has 1 saturated heterocycles. The van der Waals surface area contributed by atoms with E-state index in [-0.39, 0.29) is 6.23 Å². The number of nitrogens with zero attached hydrogens (tertiary/aromatic N) is 1. The maximum absolute atomic E-state index is 9.79. The Hall–Kier alpha value is -1.26. The van der Waals surface area contributed by atoms with Crippen LogP contribution in [0.5, 0.6) is 11.5 Å². The van der Waals surface area contributed by atoms with E-state index >= 15 is 0 Å². The predicted molar refractivity (Wildman–Crippen MR) is 81.8 cm³/mol. The average molecular weight is 291 g/mol. The normalized spacial score (nSPS) is 25.6. The van der Waals surface area contributed by atoms with Gasteiger partial charge < -0.3 is 14.6 Å². The minimum absolute atomic E-state index is 0.0996. The van der Waals surface area contributed by atoms with Crippen LogP contribution in [0.3, 0.4) is 0 Å². The highest BCUT2D eigenvalue weighted by Crippen LogP contribution is 2.43. The van der Waals surface area contributed by atoms with Gasteiger partial charge in [0.1, 0.15) is 11.5 Å². The lowest BCUT2D eigenvalue weighted by atomic mass is 9.92. The molecule has 2 aliphatic heterocycles. The molecule has 0 radical (unpaired) electrons. The van der Waals surface area contributed by atoms with E-state index in [4.69, 9.17) is 9.47 Å². The number of hydrogen-bond acceptors (Lipinski definition) is 4. The maximum atomic E-state index is 9.79. The van der Waals surface area contributed by atoms with Crippen molar-refractivity contribution in [1.29, 1.82) is 0 Å². The molecule has 0 spiro atoms. The molecule has 1 N–H and O–H groups in total. The second kappa shape index (κ2) is 6.67. The van der Waals surface area contributed by atoms with Crippen molar-refractivity contribution >= 4 is 0 Å². The van der Waals surface area contributed by atoms with Crippen LogP contribution in [0.2, 0.25) is 0 Å². The van der Waals surface area contributed by atoms with Gasteiger partial charge >= 0.3 is 0 Å². The summed E-state index contributed by atoms with van der Waals surface area (Å²) in [5.41, 5.74) is 1.17. The number of benzene rings is 1. The number of fused-ring (bicyclic) bond motifs is 1. The van der Waals surface area contributed by atoms with Gasteiger partial charge in [0.2, 0.25) is 0 Å². The van der Waals surface area contributed by atoms with Crippen LogP contribution in [-0.4, -0.2) is 42.5 Å². The molecular formula is C17H25NO3. The standard InChI is InChI=1S/C17H25NO3/c1-2-3-4-5-14-15-12-13(19)6-7-16(15)21-17(14)18-8-10-20-11-9-18/h6-7,12,14,17,19H,2-5,8-11H2,1H3. The summed E-state index contributed by atoms with van der Waals surface area (Å²) in [7, 11) is 0. The molecule has 0 saturated carbocycles. The minimum atomic E-state index is 0.0996. The van der Waals surface area contributed by atoms with Crippen molar-refractivity contribution in [2.75, 3.05) is 26.3 Å². The number of unbranched alkanes of at least 4 members (excludes halogenated alkanes) is 2. The first-order chi connectivity index (χ1) is 10.3. The molecule has 2 heterocycles. The molecule has 3 rings (SSSR count). The predicted octanol–water partition coefficient (Wildman–Crippen LogP) is 3.11. The number of phenols is 1. The van der Waals surface area contributed by atoms with E-state index in [1.54, 1.807) is 6.07 Å². The van der Waals surface area contributed by atoms with Gasteiger partial charge in [-0.1, -0.05) is 26.2 Å². The summed E-state index contributed by atoms with van der Waals surface area (Å²) in [5.74, 6) is 1.63. The third-order valence-electron chi connectivity index (χ3n) is 4.51. The molecule has 1 aromatic rings. The topological polar surface area (TPSA) is 41.9 Å². The smallest absolute Gasteiger partial charge is 0.159 e. The van der Waals surface area contributed by atoms with Crippen LogP contribution in [0.25, 0.3) is 0 Å². The molecule has 2 atom stereocenters. The molecule has 4 heteroatoms. The van der Waals surface area contributed by atoms with Crippen molar-refractivity contribution < 1.29 is 14.6 Å². The number of morpholine rings is 1. The molecule has 4 nitrogen and oxygen atoms in total. The van der Waals surface area contributed by atoms with Crippen molar-refractivity contribution in [2.24, 2.45) is 0 Å². The molecular weight excluding hydrogens is 266 g/mol. The highest BCUT2D eigenvalue weighted by molar-refractivity contribution is 5.45. The van der Waals surface area contributed by atoms with Gasteiger partial charge in [-0.15, -0.1) is 0 Å². The Balaban J connectivity index is 1.79. The maximum Gasteiger partial charge on any atom is 0.159 e. The van der Waals surface area contributed by atoms with Crippen LogP contribution >= 0.6 is 0 Å². The Morgan fingerprint density at radius 1 is 1.24 bits per heavy atom. The van der Waals surface area contributed by atoms with Gasteiger partial charge in [-0.25, -0.2) is 0 Å². The number of phenolic OH excluding ortho intramolecular Hbond substituents is 1. The van der Waals surface area contributed by atoms with E-state index < -0.39 is 0 Å². The van der Waals surface area contributed by atoms with Gasteiger partial charge in [-0.3, -0.25) is 4.90 Å². The Morgan fingerprint density at radius 2 is 2.05 bits per heavy atom. The second-order valence-electron chi connectivity index (χ2n) is 5.98. The molecule has 2 unspecified atom stereocenters. The lowest BCUT2D eigenvalue weighted by Gasteiger charge is -2.34. The fourth-order valence-electron chi connectivity index (χ4n) is 3.37. The van der Waals surface area contributed by atoms with Gasteiger partial charge in [-0.2, -0.15) is 0 Å². The van der Waals surface area contributed by atoms with Crippen LogP contribution in [0.15, 0.2) is 18.2 Å². The summed E-state index contributed by atoms with van der Waals surface area (Å²) in [6.45, 7) is 5.64. The summed E-state index contributed by atoms with van der Waals surface area (Å²) >= 11 is 0. The molecule has 116 valence electrons. The Morgan fingerprint density at radius 3 is 2.81 bits per heavy atom. The van der Waals surface area contributed by atoms with E-state index in [0.717, 1.165) is 38.5 Å². The number of hydrogen-bond donors (Lipinski definition) is 1. The van der Waals surface area contributed by atoms with Crippen molar-refractivity contribution in [1.82, 2.24) is 4.90 Å². The van der Waals surface area contributed by atoms with Gasteiger partial charge in [0.25, 0.3) is 0 Å². The fourth-order valence-corrected chi connectivity index (χ4v) is 3.37. The first kappa shape index (κ1) is 14.7. The lowest BCUT2D eigenvalue weighted by molar-refractivity contribution is -0.0475. The van der Waals surface area contributed by atoms with Crippen LogP contribution in [0.4, 0.5) is 0 Å². The molecule has 21 heavy (non-hydrogen) atoms. The fraction of sp³-hybridized carbons (Fsp3) is 0.647. The van der Waals surface area contributed by atoms with Gasteiger partial charge in [0.05, 0.1) is 13.2 Å². The van der Waals surface area contributed by atoms with Crippen LogP contribution in [0.1, 0.15) is 44.1 Å². The second-order valence-corrected chi connectivity index (χ2v) is 5.98. The molecule has 1 fully saturated rings. The van der Waals surface area contributed by atoms with Crippen LogP contribution in [-0.2, 0) is 4.74 Å². The summed E-state index contributed by atoms with van der Waals surface area (Å²) in [6.07, 6.45) is 4.90. The van der Waals surface area contributed by atoms with Crippen molar-refractivity contribution in [3.63, 3.8) is 0 Å². The largest absolute Gasteiger partial charge is 0.508 e. The van der Waals surface area contributed by atoms with E-state index in [2.05, 4.69) is 11.8 Å². The molecule has 1 aromatic carbocycles.